The minimum Gasteiger partial charge on any atom is -0.396 e. The molecule has 0 aromatic carbocycles. The average Bonchev–Trinajstić information content (AvgIpc) is 2.38. The van der Waals surface area contributed by atoms with E-state index in [-0.39, 0.29) is 6.61 Å². The maximum Gasteiger partial charge on any atom is 0.267 e. The first-order chi connectivity index (χ1) is 9.52. The van der Waals surface area contributed by atoms with Gasteiger partial charge in [-0.25, -0.2) is 0 Å². The Morgan fingerprint density at radius 1 is 0.800 bits per heavy atom. The molecule has 122 valence electrons. The van der Waals surface area contributed by atoms with Gasteiger partial charge in [0.25, 0.3) is 10.1 Å². The van der Waals surface area contributed by atoms with Gasteiger partial charge in [0.15, 0.2) is 0 Å². The third kappa shape index (κ3) is 11.7. The molecule has 0 spiro atoms. The van der Waals surface area contributed by atoms with Gasteiger partial charge < -0.3 is 5.11 Å². The normalized spacial score (nSPS) is 13.6. The van der Waals surface area contributed by atoms with Crippen LogP contribution in [0, 0.1) is 0 Å². The molecule has 0 bridgehead atoms. The van der Waals surface area contributed by atoms with E-state index in [1.54, 1.807) is 0 Å². The second kappa shape index (κ2) is 12.6. The van der Waals surface area contributed by atoms with Crippen LogP contribution in [0.5, 0.6) is 0 Å². The van der Waals surface area contributed by atoms with Crippen LogP contribution in [0.4, 0.5) is 0 Å². The van der Waals surface area contributed by atoms with Crippen molar-refractivity contribution >= 4 is 10.1 Å². The molecular weight excluding hydrogens is 276 g/mol. The molecule has 0 radical (unpaired) electrons. The summed E-state index contributed by atoms with van der Waals surface area (Å²) in [6, 6.07) is 0. The van der Waals surface area contributed by atoms with Crippen LogP contribution in [-0.2, 0) is 10.1 Å². The fraction of sp³-hybridized carbons (Fsp3) is 1.00. The van der Waals surface area contributed by atoms with E-state index in [9.17, 15) is 13.0 Å². The molecule has 20 heavy (non-hydrogen) atoms. The number of unbranched alkanes of at least 4 members (excludes halogenated alkanes) is 8. The third-order valence-corrected chi connectivity index (χ3v) is 5.05. The number of rotatable bonds is 14. The van der Waals surface area contributed by atoms with Crippen molar-refractivity contribution in [3.8, 4) is 0 Å². The minimum absolute atomic E-state index is 0.228. The summed E-state index contributed by atoms with van der Waals surface area (Å²) in [6.45, 7) is 2.38. The Bertz CT molecular complexity index is 301. The van der Waals surface area contributed by atoms with Gasteiger partial charge in [-0.15, -0.1) is 0 Å². The van der Waals surface area contributed by atoms with Crippen molar-refractivity contribution in [1.29, 1.82) is 0 Å². The lowest BCUT2D eigenvalue weighted by Gasteiger charge is -2.13. The Morgan fingerprint density at radius 2 is 1.25 bits per heavy atom. The summed E-state index contributed by atoms with van der Waals surface area (Å²) >= 11 is 0. The number of hydrogen-bond acceptors (Lipinski definition) is 3. The fourth-order valence-corrected chi connectivity index (χ4v) is 3.36. The van der Waals surface area contributed by atoms with E-state index in [0.717, 1.165) is 51.4 Å². The van der Waals surface area contributed by atoms with Gasteiger partial charge in [0, 0.05) is 6.61 Å². The van der Waals surface area contributed by atoms with Crippen LogP contribution in [0.3, 0.4) is 0 Å². The monoisotopic (exact) mass is 308 g/mol. The molecular formula is C15H32O4S. The predicted octanol–water partition coefficient (Wildman–Crippen LogP) is 3.94. The molecule has 0 aromatic rings. The van der Waals surface area contributed by atoms with Gasteiger partial charge in [-0.1, -0.05) is 64.7 Å². The topological polar surface area (TPSA) is 74.6 Å². The second-order valence-electron chi connectivity index (χ2n) is 5.62. The van der Waals surface area contributed by atoms with Crippen LogP contribution in [-0.4, -0.2) is 29.9 Å². The highest BCUT2D eigenvalue weighted by atomic mass is 32.2. The molecule has 0 amide bonds. The Labute approximate surface area is 124 Å². The molecule has 0 aliphatic heterocycles. The standard InChI is InChI=1S/C15H32O4S/c1-2-3-4-6-9-12-15(20(17,18)19)13-10-7-5-8-11-14-16/h15-16H,2-14H2,1H3,(H,17,18,19). The molecule has 1 atom stereocenters. The van der Waals surface area contributed by atoms with E-state index in [2.05, 4.69) is 6.92 Å². The van der Waals surface area contributed by atoms with E-state index < -0.39 is 15.4 Å². The first kappa shape index (κ1) is 19.9. The first-order valence-electron chi connectivity index (χ1n) is 8.09. The molecule has 0 heterocycles. The Kier molecular flexibility index (Phi) is 12.5. The summed E-state index contributed by atoms with van der Waals surface area (Å²) < 4.78 is 31.9. The van der Waals surface area contributed by atoms with Gasteiger partial charge in [0.1, 0.15) is 0 Å². The minimum atomic E-state index is -3.90. The SMILES string of the molecule is CCCCCCCC(CCCCCCCO)S(=O)(=O)O. The quantitative estimate of drug-likeness (QED) is 0.376. The van der Waals surface area contributed by atoms with Gasteiger partial charge in [-0.2, -0.15) is 8.42 Å². The van der Waals surface area contributed by atoms with Crippen LogP contribution in [0.15, 0.2) is 0 Å². The Balaban J connectivity index is 3.81. The molecule has 0 aliphatic rings. The van der Waals surface area contributed by atoms with Crippen molar-refractivity contribution in [2.75, 3.05) is 6.61 Å². The van der Waals surface area contributed by atoms with Gasteiger partial charge >= 0.3 is 0 Å². The zero-order chi connectivity index (χ0) is 15.3. The highest BCUT2D eigenvalue weighted by molar-refractivity contribution is 7.86. The number of aliphatic hydroxyl groups excluding tert-OH is 1. The maximum atomic E-state index is 11.3. The molecule has 0 aromatic heterocycles. The van der Waals surface area contributed by atoms with Crippen LogP contribution in [0.25, 0.3) is 0 Å². The maximum absolute atomic E-state index is 11.3. The summed E-state index contributed by atoms with van der Waals surface area (Å²) in [7, 11) is -3.90. The summed E-state index contributed by atoms with van der Waals surface area (Å²) in [4.78, 5) is 0. The molecule has 0 saturated heterocycles. The van der Waals surface area contributed by atoms with Crippen LogP contribution < -0.4 is 0 Å². The van der Waals surface area contributed by atoms with Crippen molar-refractivity contribution < 1.29 is 18.1 Å². The second-order valence-corrected chi connectivity index (χ2v) is 7.32. The van der Waals surface area contributed by atoms with Gasteiger partial charge in [-0.3, -0.25) is 4.55 Å². The molecule has 0 fully saturated rings. The fourth-order valence-electron chi connectivity index (χ4n) is 2.43. The lowest BCUT2D eigenvalue weighted by Crippen LogP contribution is -2.20. The number of aliphatic hydroxyl groups is 1. The van der Waals surface area contributed by atoms with Gasteiger partial charge in [0.2, 0.25) is 0 Å². The molecule has 5 heteroatoms. The number of hydrogen-bond donors (Lipinski definition) is 2. The molecule has 0 aliphatic carbocycles. The highest BCUT2D eigenvalue weighted by Gasteiger charge is 2.21. The average molecular weight is 308 g/mol. The summed E-state index contributed by atoms with van der Waals surface area (Å²) in [5.74, 6) is 0. The van der Waals surface area contributed by atoms with Crippen molar-refractivity contribution in [1.82, 2.24) is 0 Å². The summed E-state index contributed by atoms with van der Waals surface area (Å²) in [6.07, 6.45) is 11.2. The molecule has 0 saturated carbocycles. The van der Waals surface area contributed by atoms with Crippen LogP contribution in [0.1, 0.15) is 84.0 Å². The molecule has 0 rings (SSSR count). The van der Waals surface area contributed by atoms with E-state index >= 15 is 0 Å². The zero-order valence-electron chi connectivity index (χ0n) is 12.9. The summed E-state index contributed by atoms with van der Waals surface area (Å²) in [5.41, 5.74) is 0. The van der Waals surface area contributed by atoms with Crippen molar-refractivity contribution in [2.24, 2.45) is 0 Å². The first-order valence-corrected chi connectivity index (χ1v) is 9.59. The van der Waals surface area contributed by atoms with Gasteiger partial charge in [-0.05, 0) is 19.3 Å². The van der Waals surface area contributed by atoms with E-state index in [1.165, 1.54) is 12.8 Å². The van der Waals surface area contributed by atoms with Crippen molar-refractivity contribution in [3.63, 3.8) is 0 Å². The third-order valence-electron chi connectivity index (χ3n) is 3.74. The summed E-state index contributed by atoms with van der Waals surface area (Å²) in [5, 5.41) is 8.08. The van der Waals surface area contributed by atoms with E-state index in [1.807, 2.05) is 0 Å². The molecule has 4 nitrogen and oxygen atoms in total. The van der Waals surface area contributed by atoms with Crippen LogP contribution >= 0.6 is 0 Å². The smallest absolute Gasteiger partial charge is 0.267 e. The molecule has 1 unspecified atom stereocenters. The predicted molar refractivity (Wildman–Crippen MR) is 83.5 cm³/mol. The Morgan fingerprint density at radius 3 is 1.70 bits per heavy atom. The zero-order valence-corrected chi connectivity index (χ0v) is 13.7. The lowest BCUT2D eigenvalue weighted by atomic mass is 10.0. The molecule has 2 N–H and O–H groups in total. The Hall–Kier alpha value is -0.130. The largest absolute Gasteiger partial charge is 0.396 e. The van der Waals surface area contributed by atoms with Crippen molar-refractivity contribution in [3.05, 3.63) is 0 Å². The highest BCUT2D eigenvalue weighted by Crippen LogP contribution is 2.18. The van der Waals surface area contributed by atoms with Crippen molar-refractivity contribution in [2.45, 2.75) is 89.2 Å². The van der Waals surface area contributed by atoms with Gasteiger partial charge in [0.05, 0.1) is 5.25 Å². The van der Waals surface area contributed by atoms with E-state index in [0.29, 0.717) is 12.8 Å². The van der Waals surface area contributed by atoms with E-state index in [4.69, 9.17) is 5.11 Å². The van der Waals surface area contributed by atoms with Crippen LogP contribution in [0.2, 0.25) is 0 Å². The lowest BCUT2D eigenvalue weighted by molar-refractivity contribution is 0.282.